The van der Waals surface area contributed by atoms with Crippen molar-refractivity contribution in [1.82, 2.24) is 0 Å². The molecule has 0 saturated heterocycles. The van der Waals surface area contributed by atoms with Gasteiger partial charge in [-0.15, -0.1) is 0 Å². The zero-order valence-electron chi connectivity index (χ0n) is 12.0. The summed E-state index contributed by atoms with van der Waals surface area (Å²) in [5.74, 6) is -3.34. The van der Waals surface area contributed by atoms with E-state index in [1.54, 1.807) is 13.8 Å². The van der Waals surface area contributed by atoms with E-state index in [4.69, 9.17) is 0 Å². The second-order valence-corrected chi connectivity index (χ2v) is 5.16. The maximum absolute atomic E-state index is 13.1. The number of Topliss-reactive ketones (excluding diaryl/α,β-unsaturated/α-hetero) is 1. The fraction of sp³-hybridized carbons (Fsp3) is 0.312. The largest absolute Gasteiger partial charge is 0.545 e. The highest BCUT2D eigenvalue weighted by molar-refractivity contribution is 6.08. The Morgan fingerprint density at radius 3 is 2.24 bits per heavy atom. The summed E-state index contributed by atoms with van der Waals surface area (Å²) in [5.41, 5.74) is 1.41. The van der Waals surface area contributed by atoms with Crippen molar-refractivity contribution in [2.24, 2.45) is 10.9 Å². The van der Waals surface area contributed by atoms with Gasteiger partial charge in [0.15, 0.2) is 0 Å². The van der Waals surface area contributed by atoms with Crippen LogP contribution in [0.5, 0.6) is 0 Å². The minimum atomic E-state index is -1.36. The number of ketones is 1. The Balaban J connectivity index is 2.65. The highest BCUT2D eigenvalue weighted by Crippen LogP contribution is 2.38. The van der Waals surface area contributed by atoms with Gasteiger partial charge in [-0.3, -0.25) is 9.79 Å². The van der Waals surface area contributed by atoms with Crippen molar-refractivity contribution in [2.45, 2.75) is 26.7 Å². The van der Waals surface area contributed by atoms with Gasteiger partial charge < -0.3 is 9.90 Å². The topological polar surface area (TPSA) is 69.6 Å². The average Bonchev–Trinajstić information content (AvgIpc) is 2.37. The van der Waals surface area contributed by atoms with Gasteiger partial charge >= 0.3 is 0 Å². The second kappa shape index (κ2) is 5.60. The summed E-state index contributed by atoms with van der Waals surface area (Å²) >= 11 is 0. The third kappa shape index (κ3) is 2.77. The molecule has 1 unspecified atom stereocenters. The van der Waals surface area contributed by atoms with Gasteiger partial charge in [0, 0.05) is 22.9 Å². The van der Waals surface area contributed by atoms with Crippen molar-refractivity contribution in [1.29, 1.82) is 0 Å². The van der Waals surface area contributed by atoms with Crippen molar-refractivity contribution in [3.05, 3.63) is 46.9 Å². The van der Waals surface area contributed by atoms with Crippen molar-refractivity contribution < 1.29 is 19.1 Å². The average molecular weight is 288 g/mol. The van der Waals surface area contributed by atoms with E-state index in [1.807, 2.05) is 0 Å². The van der Waals surface area contributed by atoms with Gasteiger partial charge in [0.25, 0.3) is 0 Å². The van der Waals surface area contributed by atoms with Crippen LogP contribution in [0, 0.1) is 11.7 Å². The monoisotopic (exact) mass is 288 g/mol. The van der Waals surface area contributed by atoms with Crippen LogP contribution in [0.1, 0.15) is 32.3 Å². The number of rotatable bonds is 3. The first-order valence-corrected chi connectivity index (χ1v) is 6.56. The Morgan fingerprint density at radius 1 is 1.19 bits per heavy atom. The predicted molar refractivity (Wildman–Crippen MR) is 74.1 cm³/mol. The second-order valence-electron chi connectivity index (χ2n) is 5.16. The Labute approximate surface area is 122 Å². The predicted octanol–water partition coefficient (Wildman–Crippen LogP) is 1.61. The Bertz CT molecular complexity index is 659. The van der Waals surface area contributed by atoms with Crippen LogP contribution in [0.3, 0.4) is 0 Å². The highest BCUT2D eigenvalue weighted by Gasteiger charge is 2.36. The third-order valence-electron chi connectivity index (χ3n) is 3.72. The molecule has 1 aromatic carbocycles. The molecule has 0 radical (unpaired) electrons. The molecule has 0 aromatic heterocycles. The van der Waals surface area contributed by atoms with Gasteiger partial charge in [-0.2, -0.15) is 0 Å². The first kappa shape index (κ1) is 15.1. The lowest BCUT2D eigenvalue weighted by atomic mass is 9.74. The molecule has 1 heterocycles. The molecular weight excluding hydrogens is 273 g/mol. The SMILES string of the molecule is CC(=O)C1C(C)=NC(C)=C(C(=O)[O-])[C@H]1c1ccc(F)cc1. The maximum atomic E-state index is 13.1. The summed E-state index contributed by atoms with van der Waals surface area (Å²) in [5, 5.41) is 11.5. The number of nitrogens with zero attached hydrogens (tertiary/aromatic N) is 1. The van der Waals surface area contributed by atoms with Gasteiger partial charge in [-0.1, -0.05) is 12.1 Å². The number of hydrogen-bond acceptors (Lipinski definition) is 4. The summed E-state index contributed by atoms with van der Waals surface area (Å²) in [6.45, 7) is 4.66. The fourth-order valence-electron chi connectivity index (χ4n) is 2.86. The van der Waals surface area contributed by atoms with Crippen LogP contribution >= 0.6 is 0 Å². The molecule has 21 heavy (non-hydrogen) atoms. The molecule has 2 atom stereocenters. The molecule has 1 aliphatic rings. The van der Waals surface area contributed by atoms with Crippen LogP contribution < -0.4 is 5.11 Å². The van der Waals surface area contributed by atoms with Gasteiger partial charge in [-0.25, -0.2) is 4.39 Å². The molecule has 5 heteroatoms. The standard InChI is InChI=1S/C16H16FNO3/c1-8-13(10(3)19)15(11-4-6-12(17)7-5-11)14(16(20)21)9(2)18-8/h4-7,13,15H,1-3H3,(H,20,21)/p-1/t13?,15-/m0/s1. The molecule has 4 nitrogen and oxygen atoms in total. The first-order valence-electron chi connectivity index (χ1n) is 6.56. The van der Waals surface area contributed by atoms with Crippen molar-refractivity contribution in [3.63, 3.8) is 0 Å². The molecule has 0 amide bonds. The lowest BCUT2D eigenvalue weighted by Crippen LogP contribution is -2.38. The smallest absolute Gasteiger partial charge is 0.139 e. The number of carbonyl (C=O) groups excluding carboxylic acids is 2. The molecule has 0 saturated carbocycles. The maximum Gasteiger partial charge on any atom is 0.139 e. The summed E-state index contributed by atoms with van der Waals surface area (Å²) in [7, 11) is 0. The minimum absolute atomic E-state index is 0.0209. The molecule has 2 rings (SSSR count). The number of carboxylic acid groups (broad SMARTS) is 1. The summed E-state index contributed by atoms with van der Waals surface area (Å²) in [6.07, 6.45) is 0. The van der Waals surface area contributed by atoms with Crippen LogP contribution in [0.25, 0.3) is 0 Å². The van der Waals surface area contributed by atoms with Gasteiger partial charge in [0.2, 0.25) is 0 Å². The van der Waals surface area contributed by atoms with Crippen LogP contribution in [0.4, 0.5) is 4.39 Å². The molecule has 0 spiro atoms. The number of benzene rings is 1. The zero-order valence-corrected chi connectivity index (χ0v) is 12.0. The van der Waals surface area contributed by atoms with E-state index >= 15 is 0 Å². The van der Waals surface area contributed by atoms with Crippen LogP contribution in [-0.2, 0) is 9.59 Å². The molecule has 1 aliphatic heterocycles. The zero-order chi connectivity index (χ0) is 15.7. The lowest BCUT2D eigenvalue weighted by Gasteiger charge is -2.33. The van der Waals surface area contributed by atoms with Crippen molar-refractivity contribution >= 4 is 17.5 Å². The van der Waals surface area contributed by atoms with Gasteiger partial charge in [0.1, 0.15) is 11.6 Å². The Kier molecular flexibility index (Phi) is 4.02. The Hall–Kier alpha value is -2.30. The Morgan fingerprint density at radius 2 is 1.76 bits per heavy atom. The fourth-order valence-corrected chi connectivity index (χ4v) is 2.86. The van der Waals surface area contributed by atoms with Crippen molar-refractivity contribution in [2.75, 3.05) is 0 Å². The summed E-state index contributed by atoms with van der Waals surface area (Å²) in [4.78, 5) is 27.6. The quantitative estimate of drug-likeness (QED) is 0.848. The molecule has 0 bridgehead atoms. The third-order valence-corrected chi connectivity index (χ3v) is 3.72. The number of hydrogen-bond donors (Lipinski definition) is 0. The number of aliphatic imine (C=N–C) groups is 1. The van der Waals surface area contributed by atoms with E-state index in [0.29, 0.717) is 17.0 Å². The van der Waals surface area contributed by atoms with E-state index in [1.165, 1.54) is 31.2 Å². The highest BCUT2D eigenvalue weighted by atomic mass is 19.1. The first-order chi connectivity index (χ1) is 9.82. The number of halogens is 1. The molecular formula is C16H15FNO3-. The molecule has 0 N–H and O–H groups in total. The van der Waals surface area contributed by atoms with E-state index < -0.39 is 23.6 Å². The number of carbonyl (C=O) groups is 2. The summed E-state index contributed by atoms with van der Waals surface area (Å²) < 4.78 is 13.1. The van der Waals surface area contributed by atoms with E-state index in [2.05, 4.69) is 4.99 Å². The number of aliphatic carboxylic acids is 1. The number of carboxylic acids is 1. The van der Waals surface area contributed by atoms with E-state index in [9.17, 15) is 19.1 Å². The van der Waals surface area contributed by atoms with Crippen molar-refractivity contribution in [3.8, 4) is 0 Å². The van der Waals surface area contributed by atoms with E-state index in [0.717, 1.165) is 0 Å². The molecule has 1 aromatic rings. The van der Waals surface area contributed by atoms with Gasteiger partial charge in [-0.05, 0) is 38.5 Å². The van der Waals surface area contributed by atoms with Crippen LogP contribution in [-0.4, -0.2) is 17.5 Å². The normalized spacial score (nSPS) is 22.0. The van der Waals surface area contributed by atoms with E-state index in [-0.39, 0.29) is 11.4 Å². The minimum Gasteiger partial charge on any atom is -0.545 e. The molecule has 0 aliphatic carbocycles. The summed E-state index contributed by atoms with van der Waals surface area (Å²) in [6, 6.07) is 5.47. The molecule has 110 valence electrons. The van der Waals surface area contributed by atoms with Crippen LogP contribution in [0.2, 0.25) is 0 Å². The van der Waals surface area contributed by atoms with Crippen LogP contribution in [0.15, 0.2) is 40.5 Å². The lowest BCUT2D eigenvalue weighted by molar-refractivity contribution is -0.299. The molecule has 0 fully saturated rings. The number of allylic oxidation sites excluding steroid dienone is 1. The van der Waals surface area contributed by atoms with Gasteiger partial charge in [0.05, 0.1) is 11.9 Å².